The van der Waals surface area contributed by atoms with E-state index in [-0.39, 0.29) is 6.04 Å². The Balaban J connectivity index is 2.27. The highest BCUT2D eigenvalue weighted by Crippen LogP contribution is 2.30. The molecule has 0 bridgehead atoms. The molecule has 3 nitrogen and oxygen atoms in total. The minimum atomic E-state index is 0.154. The second-order valence-electron chi connectivity index (χ2n) is 4.73. The largest absolute Gasteiger partial charge is 0.496 e. The van der Waals surface area contributed by atoms with Crippen molar-refractivity contribution < 1.29 is 9.15 Å². The fourth-order valence-electron chi connectivity index (χ4n) is 2.23. The fourth-order valence-corrected chi connectivity index (χ4v) is 2.41. The average molecular weight is 294 g/mol. The van der Waals surface area contributed by atoms with Gasteiger partial charge in [0.25, 0.3) is 0 Å². The van der Waals surface area contributed by atoms with Gasteiger partial charge in [-0.05, 0) is 49.2 Å². The quantitative estimate of drug-likeness (QED) is 0.830. The van der Waals surface area contributed by atoms with Gasteiger partial charge in [0, 0.05) is 16.6 Å². The number of furan rings is 1. The predicted octanol–water partition coefficient (Wildman–Crippen LogP) is 4.23. The van der Waals surface area contributed by atoms with E-state index in [1.54, 1.807) is 19.6 Å². The zero-order valence-electron chi connectivity index (χ0n) is 11.9. The van der Waals surface area contributed by atoms with E-state index in [4.69, 9.17) is 20.8 Å². The van der Waals surface area contributed by atoms with Crippen molar-refractivity contribution in [3.63, 3.8) is 0 Å². The first-order valence-corrected chi connectivity index (χ1v) is 7.20. The van der Waals surface area contributed by atoms with E-state index in [0.29, 0.717) is 0 Å². The molecule has 1 unspecified atom stereocenters. The van der Waals surface area contributed by atoms with Gasteiger partial charge < -0.3 is 14.5 Å². The van der Waals surface area contributed by atoms with Crippen LogP contribution in [-0.2, 0) is 6.42 Å². The first-order valence-electron chi connectivity index (χ1n) is 6.82. The van der Waals surface area contributed by atoms with Gasteiger partial charge in [0.15, 0.2) is 0 Å². The van der Waals surface area contributed by atoms with Crippen molar-refractivity contribution >= 4 is 11.6 Å². The van der Waals surface area contributed by atoms with Crippen molar-refractivity contribution in [3.8, 4) is 5.75 Å². The summed E-state index contributed by atoms with van der Waals surface area (Å²) in [7, 11) is 1.68. The lowest BCUT2D eigenvalue weighted by Gasteiger charge is -2.21. The van der Waals surface area contributed by atoms with Crippen molar-refractivity contribution in [1.29, 1.82) is 0 Å². The van der Waals surface area contributed by atoms with Crippen molar-refractivity contribution in [2.75, 3.05) is 13.7 Å². The maximum absolute atomic E-state index is 6.13. The molecular weight excluding hydrogens is 274 g/mol. The molecule has 0 aliphatic carbocycles. The molecule has 0 aliphatic rings. The van der Waals surface area contributed by atoms with Gasteiger partial charge in [-0.25, -0.2) is 0 Å². The Morgan fingerprint density at radius 2 is 2.20 bits per heavy atom. The van der Waals surface area contributed by atoms with Crippen molar-refractivity contribution in [3.05, 3.63) is 52.9 Å². The second-order valence-corrected chi connectivity index (χ2v) is 5.17. The minimum absolute atomic E-state index is 0.154. The highest BCUT2D eigenvalue weighted by molar-refractivity contribution is 6.30. The molecule has 2 aromatic rings. The topological polar surface area (TPSA) is 34.4 Å². The molecule has 1 N–H and O–H groups in total. The summed E-state index contributed by atoms with van der Waals surface area (Å²) in [6, 6.07) is 7.86. The maximum atomic E-state index is 6.13. The molecule has 0 amide bonds. The van der Waals surface area contributed by atoms with E-state index in [2.05, 4.69) is 12.2 Å². The first-order chi connectivity index (χ1) is 9.74. The van der Waals surface area contributed by atoms with E-state index >= 15 is 0 Å². The number of hydrogen-bond donors (Lipinski definition) is 1. The molecule has 0 spiro atoms. The van der Waals surface area contributed by atoms with Crippen molar-refractivity contribution in [2.45, 2.75) is 25.8 Å². The molecule has 0 fully saturated rings. The van der Waals surface area contributed by atoms with Crippen LogP contribution in [0.4, 0.5) is 0 Å². The van der Waals surface area contributed by atoms with Crippen molar-refractivity contribution in [2.24, 2.45) is 0 Å². The van der Waals surface area contributed by atoms with Gasteiger partial charge in [0.1, 0.15) is 5.75 Å². The highest BCUT2D eigenvalue weighted by Gasteiger charge is 2.17. The first kappa shape index (κ1) is 14.9. The Morgan fingerprint density at radius 3 is 2.85 bits per heavy atom. The summed E-state index contributed by atoms with van der Waals surface area (Å²) in [4.78, 5) is 0. The molecule has 0 radical (unpaired) electrons. The van der Waals surface area contributed by atoms with Gasteiger partial charge in [-0.3, -0.25) is 0 Å². The standard InChI is InChI=1S/C16H20ClNO2/c1-3-7-18-15(9-12-6-8-20-11-12)14-10-13(17)4-5-16(14)19-2/h4-6,8,10-11,15,18H,3,7,9H2,1-2H3. The summed E-state index contributed by atoms with van der Waals surface area (Å²) < 4.78 is 10.6. The van der Waals surface area contributed by atoms with Gasteiger partial charge in [-0.2, -0.15) is 0 Å². The van der Waals surface area contributed by atoms with Gasteiger partial charge in [0.05, 0.1) is 19.6 Å². The van der Waals surface area contributed by atoms with E-state index in [9.17, 15) is 0 Å². The molecule has 20 heavy (non-hydrogen) atoms. The summed E-state index contributed by atoms with van der Waals surface area (Å²) >= 11 is 6.13. The fraction of sp³-hybridized carbons (Fsp3) is 0.375. The Bertz CT molecular complexity index is 525. The van der Waals surface area contributed by atoms with Crippen LogP contribution >= 0.6 is 11.6 Å². The van der Waals surface area contributed by atoms with Crippen LogP contribution in [-0.4, -0.2) is 13.7 Å². The van der Waals surface area contributed by atoms with Crippen LogP contribution in [0.1, 0.15) is 30.5 Å². The van der Waals surface area contributed by atoms with E-state index < -0.39 is 0 Å². The molecule has 1 aromatic carbocycles. The summed E-state index contributed by atoms with van der Waals surface area (Å²) in [5.41, 5.74) is 2.23. The van der Waals surface area contributed by atoms with E-state index in [1.165, 1.54) is 0 Å². The molecule has 4 heteroatoms. The Labute approximate surface area is 124 Å². The molecule has 108 valence electrons. The number of methoxy groups -OCH3 is 1. The Hall–Kier alpha value is -1.45. The number of hydrogen-bond acceptors (Lipinski definition) is 3. The number of halogens is 1. The van der Waals surface area contributed by atoms with Crippen LogP contribution in [0.15, 0.2) is 41.2 Å². The third-order valence-electron chi connectivity index (χ3n) is 3.23. The number of benzene rings is 1. The third-order valence-corrected chi connectivity index (χ3v) is 3.46. The van der Waals surface area contributed by atoms with Crippen LogP contribution in [0.3, 0.4) is 0 Å². The van der Waals surface area contributed by atoms with Gasteiger partial charge in [-0.1, -0.05) is 18.5 Å². The summed E-state index contributed by atoms with van der Waals surface area (Å²) in [5, 5.41) is 4.26. The van der Waals surface area contributed by atoms with E-state index in [1.807, 2.05) is 24.3 Å². The molecule has 0 aliphatic heterocycles. The molecular formula is C16H20ClNO2. The third kappa shape index (κ3) is 3.78. The lowest BCUT2D eigenvalue weighted by molar-refractivity contribution is 0.398. The zero-order chi connectivity index (χ0) is 14.4. The monoisotopic (exact) mass is 293 g/mol. The maximum Gasteiger partial charge on any atom is 0.123 e. The Kier molecular flexibility index (Phi) is 5.50. The predicted molar refractivity (Wildman–Crippen MR) is 81.5 cm³/mol. The van der Waals surface area contributed by atoms with Crippen LogP contribution in [0, 0.1) is 0 Å². The summed E-state index contributed by atoms with van der Waals surface area (Å²) in [6.07, 6.45) is 5.39. The smallest absolute Gasteiger partial charge is 0.123 e. The summed E-state index contributed by atoms with van der Waals surface area (Å²) in [6.45, 7) is 3.09. The van der Waals surface area contributed by atoms with E-state index in [0.717, 1.165) is 41.3 Å². The number of rotatable bonds is 7. The highest BCUT2D eigenvalue weighted by atomic mass is 35.5. The van der Waals surface area contributed by atoms with Crippen molar-refractivity contribution in [1.82, 2.24) is 5.32 Å². The van der Waals surface area contributed by atoms with Gasteiger partial charge in [0.2, 0.25) is 0 Å². The molecule has 0 saturated carbocycles. The zero-order valence-corrected chi connectivity index (χ0v) is 12.6. The van der Waals surface area contributed by atoms with Gasteiger partial charge in [-0.15, -0.1) is 0 Å². The van der Waals surface area contributed by atoms with Crippen LogP contribution in [0.25, 0.3) is 0 Å². The molecule has 1 atom stereocenters. The normalized spacial score (nSPS) is 12.3. The number of ether oxygens (including phenoxy) is 1. The average Bonchev–Trinajstić information content (AvgIpc) is 2.96. The molecule has 0 saturated heterocycles. The van der Waals surface area contributed by atoms with Crippen LogP contribution in [0.5, 0.6) is 5.75 Å². The number of nitrogens with one attached hydrogen (secondary N) is 1. The molecule has 1 aromatic heterocycles. The van der Waals surface area contributed by atoms with Crippen LogP contribution < -0.4 is 10.1 Å². The summed E-state index contributed by atoms with van der Waals surface area (Å²) in [5.74, 6) is 0.853. The Morgan fingerprint density at radius 1 is 1.35 bits per heavy atom. The van der Waals surface area contributed by atoms with Gasteiger partial charge >= 0.3 is 0 Å². The van der Waals surface area contributed by atoms with Crippen LogP contribution in [0.2, 0.25) is 5.02 Å². The second kappa shape index (κ2) is 7.36. The lowest BCUT2D eigenvalue weighted by Crippen LogP contribution is -2.24. The molecule has 1 heterocycles. The SMILES string of the molecule is CCCNC(Cc1ccoc1)c1cc(Cl)ccc1OC. The lowest BCUT2D eigenvalue weighted by atomic mass is 9.99. The molecule has 2 rings (SSSR count). The minimum Gasteiger partial charge on any atom is -0.496 e.